The van der Waals surface area contributed by atoms with Gasteiger partial charge < -0.3 is 25.4 Å². The third-order valence-electron chi connectivity index (χ3n) is 4.18. The van der Waals surface area contributed by atoms with Crippen LogP contribution in [0.2, 0.25) is 0 Å². The van der Waals surface area contributed by atoms with E-state index in [-0.39, 0.29) is 5.69 Å². The molecule has 3 aromatic heterocycles. The van der Waals surface area contributed by atoms with Crippen LogP contribution in [0, 0.1) is 0 Å². The van der Waals surface area contributed by atoms with Gasteiger partial charge >= 0.3 is 5.69 Å². The predicted octanol–water partition coefficient (Wildman–Crippen LogP) is 3.21. The van der Waals surface area contributed by atoms with Crippen LogP contribution in [-0.2, 0) is 4.79 Å². The zero-order chi connectivity index (χ0) is 20.9. The zero-order valence-corrected chi connectivity index (χ0v) is 15.9. The van der Waals surface area contributed by atoms with E-state index in [1.807, 2.05) is 36.4 Å². The number of benzene rings is 2. The van der Waals surface area contributed by atoms with Gasteiger partial charge in [-0.2, -0.15) is 10.1 Å². The molecule has 5 aromatic rings. The van der Waals surface area contributed by atoms with E-state index in [9.17, 15) is 4.79 Å². The standard InChI is InChI=1S/C18H14N8O.C2H4O/c27-18-23-14-5-4-10(8-15(14)24-18)21-17-19-7-6-16(25-17)22-12-2-1-3-13-11(12)9-20-26-13;1-2-3/h1-9H,(H,20,26)(H2,23,24,27)(H2,19,21,22,25);2H,1H3. The van der Waals surface area contributed by atoms with Crippen molar-refractivity contribution >= 4 is 51.4 Å². The van der Waals surface area contributed by atoms with Crippen LogP contribution in [0.1, 0.15) is 6.92 Å². The van der Waals surface area contributed by atoms with Crippen molar-refractivity contribution in [1.29, 1.82) is 0 Å². The molecule has 0 unspecified atom stereocenters. The molecule has 3 heterocycles. The maximum absolute atomic E-state index is 11.4. The van der Waals surface area contributed by atoms with E-state index in [0.29, 0.717) is 17.3 Å². The lowest BCUT2D eigenvalue weighted by Crippen LogP contribution is -2.00. The van der Waals surface area contributed by atoms with E-state index in [4.69, 9.17) is 4.79 Å². The second-order valence-corrected chi connectivity index (χ2v) is 6.23. The highest BCUT2D eigenvalue weighted by Crippen LogP contribution is 2.25. The number of anilines is 4. The van der Waals surface area contributed by atoms with E-state index in [0.717, 1.165) is 34.1 Å². The van der Waals surface area contributed by atoms with Crippen LogP contribution in [0.5, 0.6) is 0 Å². The van der Waals surface area contributed by atoms with Crippen molar-refractivity contribution in [3.63, 3.8) is 0 Å². The highest BCUT2D eigenvalue weighted by atomic mass is 16.1. The van der Waals surface area contributed by atoms with Crippen LogP contribution in [-0.4, -0.2) is 36.4 Å². The number of aromatic nitrogens is 6. The molecule has 2 aromatic carbocycles. The molecule has 10 heteroatoms. The number of carbonyl (C=O) groups is 1. The van der Waals surface area contributed by atoms with Crippen LogP contribution < -0.4 is 16.3 Å². The lowest BCUT2D eigenvalue weighted by Gasteiger charge is -2.09. The first-order valence-electron chi connectivity index (χ1n) is 9.07. The van der Waals surface area contributed by atoms with E-state index >= 15 is 0 Å². The number of nitrogens with one attached hydrogen (secondary N) is 5. The Balaban J connectivity index is 0.000000687. The summed E-state index contributed by atoms with van der Waals surface area (Å²) in [7, 11) is 0. The summed E-state index contributed by atoms with van der Waals surface area (Å²) in [6, 6.07) is 13.1. The molecule has 10 nitrogen and oxygen atoms in total. The first-order chi connectivity index (χ1) is 14.7. The molecule has 0 aliphatic carbocycles. The molecule has 0 spiro atoms. The lowest BCUT2D eigenvalue weighted by molar-refractivity contribution is -0.106. The summed E-state index contributed by atoms with van der Waals surface area (Å²) in [5.74, 6) is 1.09. The van der Waals surface area contributed by atoms with Crippen LogP contribution in [0.25, 0.3) is 21.9 Å². The minimum Gasteiger partial charge on any atom is -0.339 e. The molecule has 0 amide bonds. The van der Waals surface area contributed by atoms with Gasteiger partial charge in [-0.05, 0) is 43.3 Å². The first-order valence-corrected chi connectivity index (χ1v) is 9.07. The highest BCUT2D eigenvalue weighted by molar-refractivity contribution is 5.92. The fourth-order valence-electron chi connectivity index (χ4n) is 2.94. The zero-order valence-electron chi connectivity index (χ0n) is 15.9. The summed E-state index contributed by atoms with van der Waals surface area (Å²) in [6.07, 6.45) is 4.19. The average molecular weight is 402 g/mol. The molecule has 150 valence electrons. The van der Waals surface area contributed by atoms with Gasteiger partial charge in [0.05, 0.1) is 28.4 Å². The van der Waals surface area contributed by atoms with Gasteiger partial charge in [0.1, 0.15) is 12.1 Å². The largest absolute Gasteiger partial charge is 0.339 e. The quantitative estimate of drug-likeness (QED) is 0.290. The Hall–Kier alpha value is -4.47. The summed E-state index contributed by atoms with van der Waals surface area (Å²) < 4.78 is 0. The molecule has 0 aliphatic rings. The normalized spacial score (nSPS) is 10.4. The molecular weight excluding hydrogens is 384 g/mol. The molecule has 0 aliphatic heterocycles. The third kappa shape index (κ3) is 4.02. The Morgan fingerprint density at radius 3 is 2.70 bits per heavy atom. The van der Waals surface area contributed by atoms with Crippen molar-refractivity contribution in [1.82, 2.24) is 30.1 Å². The Morgan fingerprint density at radius 1 is 1.00 bits per heavy atom. The second-order valence-electron chi connectivity index (χ2n) is 6.23. The van der Waals surface area contributed by atoms with Crippen molar-refractivity contribution in [2.45, 2.75) is 6.92 Å². The maximum atomic E-state index is 11.4. The van der Waals surface area contributed by atoms with E-state index in [2.05, 4.69) is 40.8 Å². The van der Waals surface area contributed by atoms with Crippen LogP contribution in [0.15, 0.2) is 59.7 Å². The van der Waals surface area contributed by atoms with Crippen molar-refractivity contribution in [2.75, 3.05) is 10.6 Å². The summed E-state index contributed by atoms with van der Waals surface area (Å²) in [5.41, 5.74) is 3.84. The molecule has 5 rings (SSSR count). The van der Waals surface area contributed by atoms with Gasteiger partial charge in [0.2, 0.25) is 5.95 Å². The Labute approximate surface area is 169 Å². The number of imidazole rings is 1. The average Bonchev–Trinajstić information content (AvgIpc) is 3.35. The molecule has 0 radical (unpaired) electrons. The second kappa shape index (κ2) is 8.27. The number of hydrogen-bond acceptors (Lipinski definition) is 7. The highest BCUT2D eigenvalue weighted by Gasteiger charge is 2.06. The Bertz CT molecular complexity index is 1370. The van der Waals surface area contributed by atoms with Crippen molar-refractivity contribution in [2.24, 2.45) is 0 Å². The molecular formula is C20H18N8O2. The van der Waals surface area contributed by atoms with Gasteiger partial charge in [0, 0.05) is 17.3 Å². The molecule has 30 heavy (non-hydrogen) atoms. The maximum Gasteiger partial charge on any atom is 0.323 e. The lowest BCUT2D eigenvalue weighted by atomic mass is 10.2. The number of nitrogens with zero attached hydrogens (tertiary/aromatic N) is 3. The molecule has 0 bridgehead atoms. The van der Waals surface area contributed by atoms with E-state index in [1.54, 1.807) is 18.5 Å². The summed E-state index contributed by atoms with van der Waals surface area (Å²) in [4.78, 5) is 34.4. The van der Waals surface area contributed by atoms with Crippen LogP contribution >= 0.6 is 0 Å². The number of carbonyl (C=O) groups excluding carboxylic acids is 1. The third-order valence-corrected chi connectivity index (χ3v) is 4.18. The van der Waals surface area contributed by atoms with Crippen LogP contribution in [0.4, 0.5) is 23.1 Å². The number of aldehydes is 1. The molecule has 0 atom stereocenters. The van der Waals surface area contributed by atoms with Gasteiger partial charge in [-0.25, -0.2) is 9.78 Å². The van der Waals surface area contributed by atoms with Gasteiger partial charge in [-0.1, -0.05) is 6.07 Å². The van der Waals surface area contributed by atoms with Crippen molar-refractivity contribution < 1.29 is 4.79 Å². The van der Waals surface area contributed by atoms with E-state index < -0.39 is 0 Å². The molecule has 0 saturated carbocycles. The van der Waals surface area contributed by atoms with Crippen molar-refractivity contribution in [3.8, 4) is 0 Å². The summed E-state index contributed by atoms with van der Waals surface area (Å²) >= 11 is 0. The molecule has 0 fully saturated rings. The number of H-pyrrole nitrogens is 3. The first kappa shape index (κ1) is 18.9. The number of rotatable bonds is 4. The minimum absolute atomic E-state index is 0.238. The number of hydrogen-bond donors (Lipinski definition) is 5. The fourth-order valence-corrected chi connectivity index (χ4v) is 2.94. The van der Waals surface area contributed by atoms with Gasteiger partial charge in [0.25, 0.3) is 0 Å². The smallest absolute Gasteiger partial charge is 0.323 e. The summed E-state index contributed by atoms with van der Waals surface area (Å²) in [5, 5.41) is 14.4. The van der Waals surface area contributed by atoms with Crippen molar-refractivity contribution in [3.05, 3.63) is 65.3 Å². The van der Waals surface area contributed by atoms with E-state index in [1.165, 1.54) is 6.92 Å². The van der Waals surface area contributed by atoms with Gasteiger partial charge in [-0.15, -0.1) is 0 Å². The number of fused-ring (bicyclic) bond motifs is 2. The number of aromatic amines is 3. The van der Waals surface area contributed by atoms with Crippen LogP contribution in [0.3, 0.4) is 0 Å². The Morgan fingerprint density at radius 2 is 1.83 bits per heavy atom. The van der Waals surface area contributed by atoms with Gasteiger partial charge in [-0.3, -0.25) is 5.10 Å². The fraction of sp³-hybridized carbons (Fsp3) is 0.0500. The molecule has 5 N–H and O–H groups in total. The SMILES string of the molecule is CC=O.O=c1[nH]c2ccc(Nc3nccc(Nc4cccc5[nH]ncc45)n3)cc2[nH]1. The topological polar surface area (TPSA) is 144 Å². The Kier molecular flexibility index (Phi) is 5.20. The predicted molar refractivity (Wildman–Crippen MR) is 115 cm³/mol. The minimum atomic E-state index is -0.238. The molecule has 0 saturated heterocycles. The summed E-state index contributed by atoms with van der Waals surface area (Å²) in [6.45, 7) is 1.44. The van der Waals surface area contributed by atoms with Gasteiger partial charge in [0.15, 0.2) is 0 Å². The monoisotopic (exact) mass is 402 g/mol.